The zero-order valence-electron chi connectivity index (χ0n) is 28.8. The highest BCUT2D eigenvalue weighted by atomic mass is 32.2. The van der Waals surface area contributed by atoms with Gasteiger partial charge in [-0.3, -0.25) is 0 Å². The van der Waals surface area contributed by atoms with E-state index >= 15 is 0 Å². The monoisotopic (exact) mass is 680 g/mol. The predicted octanol–water partition coefficient (Wildman–Crippen LogP) is 12.5. The lowest BCUT2D eigenvalue weighted by atomic mass is 9.62. The molecule has 0 bridgehead atoms. The summed E-state index contributed by atoms with van der Waals surface area (Å²) in [6, 6.07) is 70.2. The first-order valence-corrected chi connectivity index (χ1v) is 19.6. The van der Waals surface area contributed by atoms with Gasteiger partial charge in [-0.2, -0.15) is 0 Å². The molecule has 244 valence electrons. The Labute approximate surface area is 306 Å². The van der Waals surface area contributed by atoms with Crippen LogP contribution in [0.25, 0.3) is 60.9 Å². The number of para-hydroxylation sites is 3. The second-order valence-corrected chi connectivity index (χ2v) is 16.0. The molecule has 3 heterocycles. The highest BCUT2D eigenvalue weighted by Crippen LogP contribution is 2.59. The molecule has 0 saturated carbocycles. The van der Waals surface area contributed by atoms with Crippen molar-refractivity contribution < 1.29 is 0 Å². The summed E-state index contributed by atoms with van der Waals surface area (Å²) in [6.07, 6.45) is 2.41. The number of nitrogens with zero attached hydrogens (tertiary/aromatic N) is 1. The zero-order valence-corrected chi connectivity index (χ0v) is 29.6. The molecule has 2 heteroatoms. The molecule has 1 aromatic heterocycles. The summed E-state index contributed by atoms with van der Waals surface area (Å²) in [7, 11) is -0.0827. The summed E-state index contributed by atoms with van der Waals surface area (Å²) in [6.45, 7) is 0. The summed E-state index contributed by atoms with van der Waals surface area (Å²) < 4.78 is 2.53. The Morgan fingerprint density at radius 2 is 0.904 bits per heavy atom. The predicted molar refractivity (Wildman–Crippen MR) is 219 cm³/mol. The maximum absolute atomic E-state index is 2.53. The van der Waals surface area contributed by atoms with Gasteiger partial charge in [0, 0.05) is 21.9 Å². The van der Waals surface area contributed by atoms with Gasteiger partial charge < -0.3 is 4.57 Å². The van der Waals surface area contributed by atoms with E-state index in [9.17, 15) is 0 Å². The average molecular weight is 681 g/mol. The molecule has 0 saturated heterocycles. The highest BCUT2D eigenvalue weighted by Gasteiger charge is 2.54. The first-order valence-electron chi connectivity index (χ1n) is 18.0. The fourth-order valence-electron chi connectivity index (χ4n) is 9.20. The minimum absolute atomic E-state index is 0.0827. The maximum Gasteiger partial charge on any atom is 0.165 e. The standard InChI is InChI=1S/C50H34NS/c1-52-47-21-10-7-17-42(47)50(41-16-6-9-20-46(41)51-45-19-8-5-14-39(45)40-15-11-18-43(50)49(40)51)44-32-38(30-31-48(44)52)37-28-26-36(27-29-37)35-24-22-34(23-25-35)33-12-3-2-4-13-33/h2-32H,1H3/q+1. The van der Waals surface area contributed by atoms with Gasteiger partial charge in [0.1, 0.15) is 6.26 Å². The Morgan fingerprint density at radius 3 is 1.65 bits per heavy atom. The van der Waals surface area contributed by atoms with E-state index < -0.39 is 5.41 Å². The molecule has 0 N–H and O–H groups in total. The molecular weight excluding hydrogens is 647 g/mol. The van der Waals surface area contributed by atoms with Gasteiger partial charge >= 0.3 is 0 Å². The van der Waals surface area contributed by atoms with Crippen molar-refractivity contribution >= 4 is 32.7 Å². The molecule has 0 aliphatic carbocycles. The van der Waals surface area contributed by atoms with Crippen molar-refractivity contribution in [2.45, 2.75) is 15.2 Å². The largest absolute Gasteiger partial charge is 0.309 e. The summed E-state index contributed by atoms with van der Waals surface area (Å²) in [5.74, 6) is 0. The Bertz CT molecular complexity index is 2850. The third-order valence-electron chi connectivity index (χ3n) is 11.5. The summed E-state index contributed by atoms with van der Waals surface area (Å²) >= 11 is 0. The molecular formula is C50H34NS+. The second-order valence-electron chi connectivity index (χ2n) is 14.1. The normalized spacial score (nSPS) is 16.8. The van der Waals surface area contributed by atoms with E-state index in [1.54, 1.807) is 0 Å². The van der Waals surface area contributed by atoms with Crippen LogP contribution in [0.2, 0.25) is 0 Å². The molecule has 9 aromatic rings. The molecule has 2 aliphatic rings. The Morgan fingerprint density at radius 1 is 0.385 bits per heavy atom. The van der Waals surface area contributed by atoms with Gasteiger partial charge in [-0.25, -0.2) is 0 Å². The lowest BCUT2D eigenvalue weighted by Crippen LogP contribution is -2.40. The van der Waals surface area contributed by atoms with Crippen LogP contribution in [0.4, 0.5) is 0 Å². The third-order valence-corrected chi connectivity index (χ3v) is 13.6. The number of aromatic nitrogens is 1. The molecule has 0 radical (unpaired) electrons. The van der Waals surface area contributed by atoms with Gasteiger partial charge in [0.05, 0.1) is 33.0 Å². The van der Waals surface area contributed by atoms with Gasteiger partial charge in [0.2, 0.25) is 0 Å². The van der Waals surface area contributed by atoms with Crippen LogP contribution in [0.15, 0.2) is 198 Å². The Balaban J connectivity index is 1.12. The summed E-state index contributed by atoms with van der Waals surface area (Å²) in [5, 5.41) is 2.61. The summed E-state index contributed by atoms with van der Waals surface area (Å²) in [5.41, 5.74) is 16.3. The van der Waals surface area contributed by atoms with Gasteiger partial charge in [-0.15, -0.1) is 0 Å². The maximum atomic E-state index is 2.53. The lowest BCUT2D eigenvalue weighted by Gasteiger charge is -2.44. The van der Waals surface area contributed by atoms with Crippen molar-refractivity contribution in [3.05, 3.63) is 210 Å². The molecule has 0 fully saturated rings. The van der Waals surface area contributed by atoms with Crippen molar-refractivity contribution in [2.75, 3.05) is 6.26 Å². The quantitative estimate of drug-likeness (QED) is 0.164. The average Bonchev–Trinajstić information content (AvgIpc) is 3.56. The van der Waals surface area contributed by atoms with Crippen LogP contribution in [0, 0.1) is 0 Å². The topological polar surface area (TPSA) is 4.93 Å². The number of fused-ring (bicyclic) bond motifs is 11. The van der Waals surface area contributed by atoms with Gasteiger partial charge in [0.25, 0.3) is 0 Å². The van der Waals surface area contributed by atoms with Crippen LogP contribution in [-0.4, -0.2) is 10.8 Å². The van der Waals surface area contributed by atoms with E-state index in [0.29, 0.717) is 0 Å². The number of hydrogen-bond acceptors (Lipinski definition) is 0. The van der Waals surface area contributed by atoms with Crippen LogP contribution in [0.3, 0.4) is 0 Å². The zero-order chi connectivity index (χ0) is 34.4. The van der Waals surface area contributed by atoms with Gasteiger partial charge in [-0.05, 0) is 80.9 Å². The second kappa shape index (κ2) is 11.2. The van der Waals surface area contributed by atoms with E-state index in [1.165, 1.54) is 92.9 Å². The third kappa shape index (κ3) is 4.01. The SMILES string of the molecule is C[S+]1c2ccccc2C2(c3ccccc3-n3c4ccccc4c4cccc2c43)c2cc(-c3ccc(-c4ccc(-c5ccccc5)cc4)cc3)ccc21. The van der Waals surface area contributed by atoms with E-state index in [1.807, 2.05) is 0 Å². The molecule has 8 aromatic carbocycles. The molecule has 2 aliphatic heterocycles. The smallest absolute Gasteiger partial charge is 0.165 e. The Kier molecular flexibility index (Phi) is 6.38. The molecule has 1 nitrogen and oxygen atoms in total. The highest BCUT2D eigenvalue weighted by molar-refractivity contribution is 7.96. The molecule has 0 amide bonds. The van der Waals surface area contributed by atoms with Crippen LogP contribution in [0.1, 0.15) is 22.3 Å². The first-order chi connectivity index (χ1) is 25.7. The van der Waals surface area contributed by atoms with Crippen LogP contribution < -0.4 is 0 Å². The van der Waals surface area contributed by atoms with Gasteiger partial charge in [0.15, 0.2) is 9.79 Å². The van der Waals surface area contributed by atoms with Crippen LogP contribution in [0.5, 0.6) is 0 Å². The van der Waals surface area contributed by atoms with E-state index in [0.717, 1.165) is 0 Å². The number of hydrogen-bond donors (Lipinski definition) is 0. The first kappa shape index (κ1) is 29.6. The van der Waals surface area contributed by atoms with Crippen molar-refractivity contribution in [1.82, 2.24) is 4.57 Å². The molecule has 2 atom stereocenters. The van der Waals surface area contributed by atoms with Crippen molar-refractivity contribution in [1.29, 1.82) is 0 Å². The molecule has 11 rings (SSSR count). The van der Waals surface area contributed by atoms with E-state index in [-0.39, 0.29) is 10.9 Å². The fourth-order valence-corrected chi connectivity index (χ4v) is 11.1. The van der Waals surface area contributed by atoms with Crippen molar-refractivity contribution in [2.24, 2.45) is 0 Å². The van der Waals surface area contributed by atoms with E-state index in [4.69, 9.17) is 0 Å². The van der Waals surface area contributed by atoms with Crippen LogP contribution >= 0.6 is 0 Å². The molecule has 2 unspecified atom stereocenters. The summed E-state index contributed by atoms with van der Waals surface area (Å²) in [4.78, 5) is 2.86. The van der Waals surface area contributed by atoms with E-state index in [2.05, 4.69) is 199 Å². The minimum Gasteiger partial charge on any atom is -0.309 e. The van der Waals surface area contributed by atoms with Crippen molar-refractivity contribution in [3.8, 4) is 39.1 Å². The molecule has 1 spiro atoms. The Hall–Kier alpha value is -6.09. The van der Waals surface area contributed by atoms with Gasteiger partial charge in [-0.1, -0.05) is 152 Å². The number of rotatable bonds is 3. The fraction of sp³-hybridized carbons (Fsp3) is 0.0400. The van der Waals surface area contributed by atoms with Crippen molar-refractivity contribution in [3.63, 3.8) is 0 Å². The number of benzene rings is 8. The van der Waals surface area contributed by atoms with Crippen LogP contribution in [-0.2, 0) is 16.3 Å². The lowest BCUT2D eigenvalue weighted by molar-refractivity contribution is 0.687. The molecule has 52 heavy (non-hydrogen) atoms. The minimum atomic E-state index is -0.470.